The van der Waals surface area contributed by atoms with Crippen molar-refractivity contribution in [3.8, 4) is 0 Å². The van der Waals surface area contributed by atoms with E-state index in [9.17, 15) is 0 Å². The van der Waals surface area contributed by atoms with Crippen molar-refractivity contribution < 1.29 is 0 Å². The molecule has 128 valence electrons. The van der Waals surface area contributed by atoms with Gasteiger partial charge in [0.1, 0.15) is 12.0 Å². The summed E-state index contributed by atoms with van der Waals surface area (Å²) in [4.78, 5) is 5.04. The van der Waals surface area contributed by atoms with Crippen molar-refractivity contribution in [2.75, 3.05) is 0 Å². The number of nitrogens with zero attached hydrogens (tertiary/aromatic N) is 4. The number of hydrogen-bond acceptors (Lipinski definition) is 3. The molecule has 5 rings (SSSR count). The fourth-order valence-electron chi connectivity index (χ4n) is 3.32. The second-order valence-electron chi connectivity index (χ2n) is 6.31. The molecule has 2 aromatic heterocycles. The van der Waals surface area contributed by atoms with Crippen LogP contribution in [0.4, 0.5) is 5.69 Å². The lowest BCUT2D eigenvalue weighted by Gasteiger charge is -2.09. The van der Waals surface area contributed by atoms with Crippen LogP contribution < -0.4 is 0 Å². The fraction of sp³-hybridized carbons (Fsp3) is 0. The van der Waals surface area contributed by atoms with Crippen LogP contribution in [0.25, 0.3) is 16.6 Å². The summed E-state index contributed by atoms with van der Waals surface area (Å²) in [7, 11) is 0. The molecule has 0 spiro atoms. The summed E-state index contributed by atoms with van der Waals surface area (Å²) in [5, 5.41) is 9.52. The van der Waals surface area contributed by atoms with Crippen LogP contribution in [0.2, 0.25) is 0 Å². The van der Waals surface area contributed by atoms with Crippen molar-refractivity contribution >= 4 is 27.9 Å². The zero-order chi connectivity index (χ0) is 18.1. The van der Waals surface area contributed by atoms with Gasteiger partial charge in [0.25, 0.3) is 0 Å². The lowest BCUT2D eigenvalue weighted by Crippen LogP contribution is -2.03. The van der Waals surface area contributed by atoms with Gasteiger partial charge in [0.15, 0.2) is 5.65 Å². The molecule has 0 aliphatic rings. The number of para-hydroxylation sites is 1. The number of hydrogen-bond donors (Lipinski definition) is 0. The SMILES string of the molecule is c1ccc(C(=Nc2cc3ccccc3n3cnnc23)c2ccccc2)cc1. The van der Waals surface area contributed by atoms with E-state index in [-0.39, 0.29) is 0 Å². The van der Waals surface area contributed by atoms with Gasteiger partial charge in [-0.2, -0.15) is 0 Å². The molecule has 0 aliphatic heterocycles. The molecule has 5 aromatic rings. The summed E-state index contributed by atoms with van der Waals surface area (Å²) in [6.45, 7) is 0. The van der Waals surface area contributed by atoms with Crippen LogP contribution in [0.1, 0.15) is 11.1 Å². The lowest BCUT2D eigenvalue weighted by molar-refractivity contribution is 1.11. The molecule has 0 atom stereocenters. The van der Waals surface area contributed by atoms with E-state index >= 15 is 0 Å². The van der Waals surface area contributed by atoms with Gasteiger partial charge < -0.3 is 0 Å². The Morgan fingerprint density at radius 1 is 0.741 bits per heavy atom. The summed E-state index contributed by atoms with van der Waals surface area (Å²) in [5.41, 5.74) is 5.66. The van der Waals surface area contributed by atoms with Gasteiger partial charge in [-0.25, -0.2) is 4.99 Å². The number of aliphatic imine (C=N–C) groups is 1. The third kappa shape index (κ3) is 2.77. The molecule has 0 saturated carbocycles. The first kappa shape index (κ1) is 15.5. The molecule has 3 aromatic carbocycles. The highest BCUT2D eigenvalue weighted by Crippen LogP contribution is 2.27. The van der Waals surface area contributed by atoms with Gasteiger partial charge >= 0.3 is 0 Å². The molecule has 0 unspecified atom stereocenters. The van der Waals surface area contributed by atoms with Gasteiger partial charge in [-0.05, 0) is 12.1 Å². The van der Waals surface area contributed by atoms with E-state index in [2.05, 4.69) is 52.7 Å². The molecule has 4 heteroatoms. The van der Waals surface area contributed by atoms with Crippen LogP contribution in [0, 0.1) is 0 Å². The van der Waals surface area contributed by atoms with Crippen LogP contribution >= 0.6 is 0 Å². The quantitative estimate of drug-likeness (QED) is 0.428. The Balaban J connectivity index is 1.80. The predicted molar refractivity (Wildman–Crippen MR) is 109 cm³/mol. The monoisotopic (exact) mass is 348 g/mol. The fourth-order valence-corrected chi connectivity index (χ4v) is 3.32. The second kappa shape index (κ2) is 6.50. The lowest BCUT2D eigenvalue weighted by atomic mass is 10.0. The van der Waals surface area contributed by atoms with E-state index in [4.69, 9.17) is 4.99 Å². The number of aromatic nitrogens is 3. The first-order valence-corrected chi connectivity index (χ1v) is 8.81. The third-order valence-corrected chi connectivity index (χ3v) is 4.59. The summed E-state index contributed by atoms with van der Waals surface area (Å²) in [6, 6.07) is 30.7. The Morgan fingerprint density at radius 3 is 2.07 bits per heavy atom. The molecular formula is C23H16N4. The normalized spacial score (nSPS) is 11.0. The van der Waals surface area contributed by atoms with E-state index in [0.29, 0.717) is 0 Å². The van der Waals surface area contributed by atoms with Crippen LogP contribution in [-0.2, 0) is 0 Å². The van der Waals surface area contributed by atoms with Gasteiger partial charge in [0, 0.05) is 16.5 Å². The molecule has 0 radical (unpaired) electrons. The summed E-state index contributed by atoms with van der Waals surface area (Å²) < 4.78 is 1.99. The number of pyridine rings is 1. The third-order valence-electron chi connectivity index (χ3n) is 4.59. The smallest absolute Gasteiger partial charge is 0.187 e. The zero-order valence-corrected chi connectivity index (χ0v) is 14.5. The standard InChI is InChI=1S/C23H16N4/c1-3-9-17(10-4-1)22(18-11-5-2-6-12-18)25-20-15-19-13-7-8-14-21(19)27-16-24-26-23(20)27/h1-16H. The van der Waals surface area contributed by atoms with Gasteiger partial charge in [0.2, 0.25) is 0 Å². The highest BCUT2D eigenvalue weighted by Gasteiger charge is 2.11. The second-order valence-corrected chi connectivity index (χ2v) is 6.31. The van der Waals surface area contributed by atoms with E-state index in [1.807, 2.05) is 52.9 Å². The average Bonchev–Trinajstić information content (AvgIpc) is 3.24. The average molecular weight is 348 g/mol. The first-order valence-electron chi connectivity index (χ1n) is 8.81. The maximum absolute atomic E-state index is 5.04. The molecular weight excluding hydrogens is 332 g/mol. The van der Waals surface area contributed by atoms with Crippen LogP contribution in [0.5, 0.6) is 0 Å². The Kier molecular flexibility index (Phi) is 3.72. The number of rotatable bonds is 3. The topological polar surface area (TPSA) is 42.5 Å². The van der Waals surface area contributed by atoms with E-state index in [0.717, 1.165) is 39.1 Å². The largest absolute Gasteiger partial charge is 0.280 e. The molecule has 0 aliphatic carbocycles. The highest BCUT2D eigenvalue weighted by molar-refractivity contribution is 6.14. The van der Waals surface area contributed by atoms with E-state index < -0.39 is 0 Å². The maximum Gasteiger partial charge on any atom is 0.187 e. The van der Waals surface area contributed by atoms with Crippen molar-refractivity contribution in [3.05, 3.63) is 108 Å². The van der Waals surface area contributed by atoms with Gasteiger partial charge in [0.05, 0.1) is 11.2 Å². The van der Waals surface area contributed by atoms with E-state index in [1.165, 1.54) is 0 Å². The maximum atomic E-state index is 5.04. The van der Waals surface area contributed by atoms with Crippen molar-refractivity contribution in [1.29, 1.82) is 0 Å². The van der Waals surface area contributed by atoms with Crippen molar-refractivity contribution in [2.45, 2.75) is 0 Å². The molecule has 2 heterocycles. The summed E-state index contributed by atoms with van der Waals surface area (Å²) in [6.07, 6.45) is 1.74. The zero-order valence-electron chi connectivity index (χ0n) is 14.5. The molecule has 0 saturated heterocycles. The predicted octanol–water partition coefficient (Wildman–Crippen LogP) is 5.05. The molecule has 4 nitrogen and oxygen atoms in total. The summed E-state index contributed by atoms with van der Waals surface area (Å²) >= 11 is 0. The molecule has 0 bridgehead atoms. The van der Waals surface area contributed by atoms with Crippen molar-refractivity contribution in [3.63, 3.8) is 0 Å². The Bertz CT molecular complexity index is 1210. The Labute approximate surface area is 156 Å². The van der Waals surface area contributed by atoms with Gasteiger partial charge in [-0.1, -0.05) is 78.9 Å². The minimum absolute atomic E-state index is 0.748. The molecule has 27 heavy (non-hydrogen) atoms. The van der Waals surface area contributed by atoms with Crippen molar-refractivity contribution in [1.82, 2.24) is 14.6 Å². The van der Waals surface area contributed by atoms with Crippen LogP contribution in [0.15, 0.2) is 102 Å². The minimum Gasteiger partial charge on any atom is -0.280 e. The number of benzene rings is 3. The molecule has 0 amide bonds. The molecule has 0 N–H and O–H groups in total. The Morgan fingerprint density at radius 2 is 1.37 bits per heavy atom. The highest BCUT2D eigenvalue weighted by atomic mass is 15.2. The van der Waals surface area contributed by atoms with E-state index in [1.54, 1.807) is 6.33 Å². The first-order chi connectivity index (χ1) is 13.4. The minimum atomic E-state index is 0.748. The van der Waals surface area contributed by atoms with Crippen LogP contribution in [0.3, 0.4) is 0 Å². The van der Waals surface area contributed by atoms with Gasteiger partial charge in [-0.3, -0.25) is 4.40 Å². The van der Waals surface area contributed by atoms with Gasteiger partial charge in [-0.15, -0.1) is 10.2 Å². The summed E-state index contributed by atoms with van der Waals surface area (Å²) in [5.74, 6) is 0. The molecule has 0 fully saturated rings. The Hall–Kier alpha value is -3.79. The van der Waals surface area contributed by atoms with Crippen molar-refractivity contribution in [2.24, 2.45) is 4.99 Å². The van der Waals surface area contributed by atoms with Crippen LogP contribution in [-0.4, -0.2) is 20.3 Å². The number of fused-ring (bicyclic) bond motifs is 3.